The lowest BCUT2D eigenvalue weighted by atomic mass is 10.2. The number of carboxylic acids is 1. The van der Waals surface area contributed by atoms with E-state index >= 15 is 0 Å². The SMILES string of the molecule is Cc1ccc(-n2c(C)cc(/C=C(\Sc3nc4ccccc4o3)C(=O)O)c2C)cc1I. The number of fused-ring (bicyclic) bond motifs is 1. The molecule has 0 saturated carbocycles. The second-order valence-corrected chi connectivity index (χ2v) is 9.11. The Morgan fingerprint density at radius 3 is 2.63 bits per heavy atom. The molecule has 152 valence electrons. The minimum Gasteiger partial charge on any atom is -0.477 e. The van der Waals surface area contributed by atoms with Crippen molar-refractivity contribution in [3.63, 3.8) is 0 Å². The van der Waals surface area contributed by atoms with Crippen LogP contribution in [0.1, 0.15) is 22.5 Å². The number of aryl methyl sites for hydroxylation is 2. The standard InChI is InChI=1S/C23H19IN2O3S/c1-13-8-9-17(12-18(13)24)26-14(2)10-16(15(26)3)11-21(22(27)28)30-23-25-19-6-4-5-7-20(19)29-23/h4-12H,1-3H3,(H,27,28)/b21-11-. The summed E-state index contributed by atoms with van der Waals surface area (Å²) in [6.45, 7) is 6.10. The Balaban J connectivity index is 1.72. The molecule has 0 radical (unpaired) electrons. The largest absolute Gasteiger partial charge is 0.477 e. The van der Waals surface area contributed by atoms with Gasteiger partial charge >= 0.3 is 5.97 Å². The summed E-state index contributed by atoms with van der Waals surface area (Å²) in [5.74, 6) is -1.02. The van der Waals surface area contributed by atoms with Gasteiger partial charge < -0.3 is 14.1 Å². The molecule has 7 heteroatoms. The Morgan fingerprint density at radius 2 is 1.93 bits per heavy atom. The zero-order valence-corrected chi connectivity index (χ0v) is 19.6. The molecule has 2 heterocycles. The molecule has 0 unspecified atom stereocenters. The monoisotopic (exact) mass is 530 g/mol. The summed E-state index contributed by atoms with van der Waals surface area (Å²) < 4.78 is 9.00. The van der Waals surface area contributed by atoms with Crippen molar-refractivity contribution in [3.05, 3.63) is 79.5 Å². The molecule has 4 rings (SSSR count). The number of aromatic nitrogens is 2. The molecule has 5 nitrogen and oxygen atoms in total. The predicted molar refractivity (Wildman–Crippen MR) is 128 cm³/mol. The number of para-hydroxylation sites is 2. The van der Waals surface area contributed by atoms with Gasteiger partial charge in [-0.3, -0.25) is 0 Å². The van der Waals surface area contributed by atoms with Crippen molar-refractivity contribution in [2.75, 3.05) is 0 Å². The van der Waals surface area contributed by atoms with Crippen molar-refractivity contribution < 1.29 is 14.3 Å². The van der Waals surface area contributed by atoms with Crippen molar-refractivity contribution in [1.82, 2.24) is 9.55 Å². The maximum Gasteiger partial charge on any atom is 0.342 e. The highest BCUT2D eigenvalue weighted by molar-refractivity contribution is 14.1. The smallest absolute Gasteiger partial charge is 0.342 e. The first-order valence-electron chi connectivity index (χ1n) is 9.27. The highest BCUT2D eigenvalue weighted by Crippen LogP contribution is 2.32. The molecular weight excluding hydrogens is 511 g/mol. The summed E-state index contributed by atoms with van der Waals surface area (Å²) in [5.41, 5.74) is 6.49. The van der Waals surface area contributed by atoms with Crippen LogP contribution >= 0.6 is 34.4 Å². The van der Waals surface area contributed by atoms with Crippen molar-refractivity contribution in [1.29, 1.82) is 0 Å². The van der Waals surface area contributed by atoms with Gasteiger partial charge in [0.05, 0.1) is 0 Å². The van der Waals surface area contributed by atoms with Crippen LogP contribution in [0, 0.1) is 24.3 Å². The number of carbonyl (C=O) groups is 1. The molecule has 0 bridgehead atoms. The van der Waals surface area contributed by atoms with E-state index in [1.807, 2.05) is 44.2 Å². The third-order valence-electron chi connectivity index (χ3n) is 4.85. The van der Waals surface area contributed by atoms with Gasteiger partial charge in [-0.05, 0) is 103 Å². The predicted octanol–water partition coefficient (Wildman–Crippen LogP) is 6.37. The number of halogens is 1. The van der Waals surface area contributed by atoms with Crippen LogP contribution in [0.25, 0.3) is 22.9 Å². The molecule has 0 aliphatic rings. The molecule has 0 fully saturated rings. The van der Waals surface area contributed by atoms with Gasteiger partial charge in [0.25, 0.3) is 5.22 Å². The number of rotatable bonds is 5. The van der Waals surface area contributed by atoms with Gasteiger partial charge in [0.1, 0.15) is 10.4 Å². The molecule has 4 aromatic rings. The number of aliphatic carboxylic acids is 1. The maximum absolute atomic E-state index is 11.9. The Kier molecular flexibility index (Phi) is 5.75. The molecular formula is C23H19IN2O3S. The van der Waals surface area contributed by atoms with E-state index < -0.39 is 5.97 Å². The second kappa shape index (κ2) is 8.31. The third-order valence-corrected chi connectivity index (χ3v) is 6.88. The average molecular weight is 530 g/mol. The average Bonchev–Trinajstić information content (AvgIpc) is 3.23. The lowest BCUT2D eigenvalue weighted by molar-refractivity contribution is -0.131. The van der Waals surface area contributed by atoms with Crippen LogP contribution in [0.5, 0.6) is 0 Å². The maximum atomic E-state index is 11.9. The molecule has 2 aromatic heterocycles. The van der Waals surface area contributed by atoms with Crippen molar-refractivity contribution >= 4 is 57.5 Å². The Morgan fingerprint density at radius 1 is 1.17 bits per heavy atom. The quantitative estimate of drug-likeness (QED) is 0.185. The van der Waals surface area contributed by atoms with Gasteiger partial charge in [0.2, 0.25) is 0 Å². The first kappa shape index (κ1) is 20.7. The first-order valence-corrected chi connectivity index (χ1v) is 11.2. The van der Waals surface area contributed by atoms with E-state index in [-0.39, 0.29) is 4.91 Å². The van der Waals surface area contributed by atoms with Gasteiger partial charge in [0.15, 0.2) is 5.58 Å². The van der Waals surface area contributed by atoms with Crippen molar-refractivity contribution in [2.24, 2.45) is 0 Å². The zero-order valence-electron chi connectivity index (χ0n) is 16.6. The summed E-state index contributed by atoms with van der Waals surface area (Å²) in [6.07, 6.45) is 1.68. The summed E-state index contributed by atoms with van der Waals surface area (Å²) >= 11 is 3.34. The van der Waals surface area contributed by atoms with Crippen LogP contribution < -0.4 is 0 Å². The topological polar surface area (TPSA) is 68.3 Å². The van der Waals surface area contributed by atoms with Crippen LogP contribution in [0.15, 0.2) is 63.1 Å². The lowest BCUT2D eigenvalue weighted by Crippen LogP contribution is -2.00. The molecule has 0 atom stereocenters. The number of carboxylic acid groups (broad SMARTS) is 1. The fourth-order valence-electron chi connectivity index (χ4n) is 3.32. The van der Waals surface area contributed by atoms with Crippen LogP contribution in [-0.4, -0.2) is 20.6 Å². The minimum atomic E-state index is -1.02. The molecule has 0 spiro atoms. The van der Waals surface area contributed by atoms with E-state index in [0.717, 1.165) is 34.4 Å². The number of hydrogen-bond acceptors (Lipinski definition) is 4. The van der Waals surface area contributed by atoms with Crippen molar-refractivity contribution in [3.8, 4) is 5.69 Å². The minimum absolute atomic E-state index is 0.153. The van der Waals surface area contributed by atoms with Crippen LogP contribution in [0.2, 0.25) is 0 Å². The van der Waals surface area contributed by atoms with Crippen LogP contribution in [-0.2, 0) is 4.79 Å². The van der Waals surface area contributed by atoms with E-state index in [2.05, 4.69) is 57.3 Å². The Labute approximate surface area is 192 Å². The molecule has 0 amide bonds. The number of oxazole rings is 1. The molecule has 0 aliphatic heterocycles. The van der Waals surface area contributed by atoms with E-state index in [0.29, 0.717) is 16.3 Å². The molecule has 0 aliphatic carbocycles. The second-order valence-electron chi connectivity index (χ2n) is 6.96. The molecule has 30 heavy (non-hydrogen) atoms. The first-order chi connectivity index (χ1) is 14.3. The summed E-state index contributed by atoms with van der Waals surface area (Å²) in [4.78, 5) is 16.4. The summed E-state index contributed by atoms with van der Waals surface area (Å²) in [7, 11) is 0. The van der Waals surface area contributed by atoms with E-state index in [9.17, 15) is 9.90 Å². The zero-order chi connectivity index (χ0) is 21.4. The van der Waals surface area contributed by atoms with E-state index in [1.54, 1.807) is 6.08 Å². The number of hydrogen-bond donors (Lipinski definition) is 1. The number of nitrogens with zero attached hydrogens (tertiary/aromatic N) is 2. The van der Waals surface area contributed by atoms with E-state index in [1.165, 1.54) is 9.13 Å². The highest BCUT2D eigenvalue weighted by Gasteiger charge is 2.17. The Hall–Kier alpha value is -2.52. The van der Waals surface area contributed by atoms with Gasteiger partial charge in [-0.1, -0.05) is 18.2 Å². The van der Waals surface area contributed by atoms with E-state index in [4.69, 9.17) is 4.42 Å². The van der Waals surface area contributed by atoms with Crippen molar-refractivity contribution in [2.45, 2.75) is 26.0 Å². The molecule has 2 aromatic carbocycles. The Bertz CT molecular complexity index is 1270. The fourth-order valence-corrected chi connectivity index (χ4v) is 4.55. The van der Waals surface area contributed by atoms with Crippen LogP contribution in [0.4, 0.5) is 0 Å². The van der Waals surface area contributed by atoms with Gasteiger partial charge in [0, 0.05) is 20.6 Å². The third kappa shape index (κ3) is 4.04. The summed E-state index contributed by atoms with van der Waals surface area (Å²) in [6, 6.07) is 15.7. The number of thioether (sulfide) groups is 1. The van der Waals surface area contributed by atoms with Gasteiger partial charge in [-0.15, -0.1) is 0 Å². The summed E-state index contributed by atoms with van der Waals surface area (Å²) in [5, 5.41) is 10.1. The normalized spacial score (nSPS) is 11.9. The fraction of sp³-hybridized carbons (Fsp3) is 0.130. The molecule has 0 saturated heterocycles. The van der Waals surface area contributed by atoms with Gasteiger partial charge in [-0.2, -0.15) is 0 Å². The van der Waals surface area contributed by atoms with Crippen LogP contribution in [0.3, 0.4) is 0 Å². The number of benzene rings is 2. The highest BCUT2D eigenvalue weighted by atomic mass is 127. The van der Waals surface area contributed by atoms with Gasteiger partial charge in [-0.25, -0.2) is 9.78 Å². The lowest BCUT2D eigenvalue weighted by Gasteiger charge is -2.11. The molecule has 1 N–H and O–H groups in total.